The molecule has 0 amide bonds. The third kappa shape index (κ3) is 1.98. The van der Waals surface area contributed by atoms with E-state index in [1.54, 1.807) is 0 Å². The fourth-order valence-corrected chi connectivity index (χ4v) is 2.10. The van der Waals surface area contributed by atoms with Crippen LogP contribution in [0.4, 0.5) is 0 Å². The van der Waals surface area contributed by atoms with Crippen LogP contribution in [-0.2, 0) is 19.4 Å². The second kappa shape index (κ2) is 4.60. The first-order valence-corrected chi connectivity index (χ1v) is 5.65. The van der Waals surface area contributed by atoms with Gasteiger partial charge in [0, 0.05) is 18.8 Å². The van der Waals surface area contributed by atoms with Gasteiger partial charge in [-0.1, -0.05) is 6.92 Å². The summed E-state index contributed by atoms with van der Waals surface area (Å²) in [6.45, 7) is 5.32. The molecule has 1 aromatic heterocycles. The normalized spacial score (nSPS) is 15.5. The van der Waals surface area contributed by atoms with Gasteiger partial charge >= 0.3 is 0 Å². The first-order chi connectivity index (χ1) is 6.92. The van der Waals surface area contributed by atoms with Crippen molar-refractivity contribution in [3.8, 4) is 0 Å². The van der Waals surface area contributed by atoms with Crippen molar-refractivity contribution in [2.45, 2.75) is 39.2 Å². The van der Waals surface area contributed by atoms with Crippen molar-refractivity contribution >= 4 is 0 Å². The summed E-state index contributed by atoms with van der Waals surface area (Å²) in [6.07, 6.45) is 7.06. The maximum Gasteiger partial charge on any atom is 0.0952 e. The lowest BCUT2D eigenvalue weighted by Gasteiger charge is -2.13. The molecule has 0 aliphatic heterocycles. The summed E-state index contributed by atoms with van der Waals surface area (Å²) in [4.78, 5) is 4.47. The molecule has 1 heterocycles. The van der Waals surface area contributed by atoms with Gasteiger partial charge in [0.05, 0.1) is 12.0 Å². The van der Waals surface area contributed by atoms with Crippen molar-refractivity contribution in [2.24, 2.45) is 0 Å². The van der Waals surface area contributed by atoms with Crippen molar-refractivity contribution in [3.63, 3.8) is 0 Å². The Morgan fingerprint density at radius 1 is 1.43 bits per heavy atom. The molecule has 3 heteroatoms. The van der Waals surface area contributed by atoms with Crippen LogP contribution in [-0.4, -0.2) is 22.6 Å². The third-order valence-corrected chi connectivity index (χ3v) is 2.89. The zero-order chi connectivity index (χ0) is 9.80. The van der Waals surface area contributed by atoms with Crippen LogP contribution >= 0.6 is 0 Å². The molecular formula is C11H19N3. The van der Waals surface area contributed by atoms with Crippen LogP contribution < -0.4 is 5.32 Å². The molecule has 0 fully saturated rings. The average Bonchev–Trinajstić information content (AvgIpc) is 2.63. The third-order valence-electron chi connectivity index (χ3n) is 2.89. The minimum Gasteiger partial charge on any atom is -0.333 e. The van der Waals surface area contributed by atoms with Gasteiger partial charge in [0.15, 0.2) is 0 Å². The number of hydrogen-bond donors (Lipinski definition) is 1. The van der Waals surface area contributed by atoms with Crippen molar-refractivity contribution in [2.75, 3.05) is 13.1 Å². The summed E-state index contributed by atoms with van der Waals surface area (Å²) in [5.74, 6) is 0. The van der Waals surface area contributed by atoms with Gasteiger partial charge in [0.2, 0.25) is 0 Å². The molecule has 1 N–H and O–H groups in total. The number of fused-ring (bicyclic) bond motifs is 1. The minimum absolute atomic E-state index is 1.05. The molecule has 0 saturated heterocycles. The molecule has 1 aliphatic rings. The van der Waals surface area contributed by atoms with Crippen molar-refractivity contribution in [1.29, 1.82) is 0 Å². The van der Waals surface area contributed by atoms with E-state index in [2.05, 4.69) is 21.8 Å². The number of nitrogens with one attached hydrogen (secondary N) is 1. The van der Waals surface area contributed by atoms with E-state index < -0.39 is 0 Å². The van der Waals surface area contributed by atoms with Crippen LogP contribution in [0.5, 0.6) is 0 Å². The van der Waals surface area contributed by atoms with Gasteiger partial charge in [-0.2, -0.15) is 0 Å². The SMILES string of the molecule is CCNCCn1cnc2c1CCCC2. The molecule has 1 aromatic rings. The van der Waals surface area contributed by atoms with Gasteiger partial charge < -0.3 is 9.88 Å². The van der Waals surface area contributed by atoms with E-state index in [0.717, 1.165) is 19.6 Å². The lowest BCUT2D eigenvalue weighted by molar-refractivity contribution is 0.571. The number of aryl methyl sites for hydroxylation is 1. The summed E-state index contributed by atoms with van der Waals surface area (Å²) >= 11 is 0. The van der Waals surface area contributed by atoms with Crippen LogP contribution in [0.15, 0.2) is 6.33 Å². The molecule has 0 spiro atoms. The molecule has 0 unspecified atom stereocenters. The summed E-state index contributed by atoms with van der Waals surface area (Å²) in [5.41, 5.74) is 2.82. The molecular weight excluding hydrogens is 174 g/mol. The maximum atomic E-state index is 4.47. The van der Waals surface area contributed by atoms with Gasteiger partial charge in [-0.15, -0.1) is 0 Å². The summed E-state index contributed by atoms with van der Waals surface area (Å²) in [5, 5.41) is 3.34. The van der Waals surface area contributed by atoms with Crippen molar-refractivity contribution in [3.05, 3.63) is 17.7 Å². The summed E-state index contributed by atoms with van der Waals surface area (Å²) in [7, 11) is 0. The highest BCUT2D eigenvalue weighted by atomic mass is 15.1. The van der Waals surface area contributed by atoms with Gasteiger partial charge in [0.1, 0.15) is 0 Å². The highest BCUT2D eigenvalue weighted by molar-refractivity contribution is 5.16. The fourth-order valence-electron chi connectivity index (χ4n) is 2.10. The first-order valence-electron chi connectivity index (χ1n) is 5.65. The summed E-state index contributed by atoms with van der Waals surface area (Å²) < 4.78 is 2.32. The number of aromatic nitrogens is 2. The Hall–Kier alpha value is -0.830. The molecule has 2 rings (SSSR count). The van der Waals surface area contributed by atoms with E-state index in [1.165, 1.54) is 37.1 Å². The van der Waals surface area contributed by atoms with E-state index >= 15 is 0 Å². The number of nitrogens with zero attached hydrogens (tertiary/aromatic N) is 2. The van der Waals surface area contributed by atoms with E-state index in [4.69, 9.17) is 0 Å². The Morgan fingerprint density at radius 2 is 2.29 bits per heavy atom. The van der Waals surface area contributed by atoms with E-state index in [1.807, 2.05) is 6.33 Å². The van der Waals surface area contributed by atoms with Gasteiger partial charge in [0.25, 0.3) is 0 Å². The Balaban J connectivity index is 1.99. The Kier molecular flexibility index (Phi) is 3.19. The topological polar surface area (TPSA) is 29.9 Å². The van der Waals surface area contributed by atoms with Crippen molar-refractivity contribution < 1.29 is 0 Å². The zero-order valence-corrected chi connectivity index (χ0v) is 8.92. The molecule has 1 aliphatic carbocycles. The molecule has 0 radical (unpaired) electrons. The average molecular weight is 193 g/mol. The molecule has 0 saturated carbocycles. The van der Waals surface area contributed by atoms with Crippen LogP contribution in [0, 0.1) is 0 Å². The summed E-state index contributed by atoms with van der Waals surface area (Å²) in [6, 6.07) is 0. The predicted octanol–water partition coefficient (Wildman–Crippen LogP) is 1.37. The van der Waals surface area contributed by atoms with Crippen molar-refractivity contribution in [1.82, 2.24) is 14.9 Å². The monoisotopic (exact) mass is 193 g/mol. The highest BCUT2D eigenvalue weighted by Gasteiger charge is 2.14. The number of rotatable bonds is 4. The fraction of sp³-hybridized carbons (Fsp3) is 0.727. The molecule has 3 nitrogen and oxygen atoms in total. The molecule has 0 atom stereocenters. The quantitative estimate of drug-likeness (QED) is 0.732. The Morgan fingerprint density at radius 3 is 3.14 bits per heavy atom. The Labute approximate surface area is 85.5 Å². The zero-order valence-electron chi connectivity index (χ0n) is 8.92. The van der Waals surface area contributed by atoms with Crippen LogP contribution in [0.2, 0.25) is 0 Å². The van der Waals surface area contributed by atoms with Gasteiger partial charge in [-0.25, -0.2) is 4.98 Å². The predicted molar refractivity (Wildman–Crippen MR) is 57.4 cm³/mol. The Bertz CT molecular complexity index is 291. The number of hydrogen-bond acceptors (Lipinski definition) is 2. The lowest BCUT2D eigenvalue weighted by atomic mass is 10.0. The lowest BCUT2D eigenvalue weighted by Crippen LogP contribution is -2.20. The molecule has 0 aromatic carbocycles. The molecule has 0 bridgehead atoms. The first kappa shape index (κ1) is 9.71. The van der Waals surface area contributed by atoms with E-state index in [-0.39, 0.29) is 0 Å². The maximum absolute atomic E-state index is 4.47. The standard InChI is InChI=1S/C11H19N3/c1-2-12-7-8-14-9-13-10-5-3-4-6-11(10)14/h9,12H,2-8H2,1H3. The van der Waals surface area contributed by atoms with Crippen LogP contribution in [0.3, 0.4) is 0 Å². The number of likely N-dealkylation sites (N-methyl/N-ethyl adjacent to an activating group) is 1. The van der Waals surface area contributed by atoms with E-state index in [0.29, 0.717) is 0 Å². The second-order valence-electron chi connectivity index (χ2n) is 3.89. The van der Waals surface area contributed by atoms with Crippen LogP contribution in [0.1, 0.15) is 31.2 Å². The largest absolute Gasteiger partial charge is 0.333 e. The minimum atomic E-state index is 1.05. The van der Waals surface area contributed by atoms with Gasteiger partial charge in [-0.05, 0) is 32.2 Å². The smallest absolute Gasteiger partial charge is 0.0952 e. The van der Waals surface area contributed by atoms with E-state index in [9.17, 15) is 0 Å². The van der Waals surface area contributed by atoms with Crippen LogP contribution in [0.25, 0.3) is 0 Å². The molecule has 14 heavy (non-hydrogen) atoms. The second-order valence-corrected chi connectivity index (χ2v) is 3.89. The number of imidazole rings is 1. The highest BCUT2D eigenvalue weighted by Crippen LogP contribution is 2.19. The molecule has 78 valence electrons. The van der Waals surface area contributed by atoms with Gasteiger partial charge in [-0.3, -0.25) is 0 Å².